The number of amides is 1. The lowest BCUT2D eigenvalue weighted by Gasteiger charge is -2.38. The number of nitrogens with zero attached hydrogens (tertiary/aromatic N) is 1. The lowest BCUT2D eigenvalue weighted by Crippen LogP contribution is -2.44. The first kappa shape index (κ1) is 31.3. The van der Waals surface area contributed by atoms with E-state index in [4.69, 9.17) is 20.9 Å². The van der Waals surface area contributed by atoms with Crippen LogP contribution in [-0.2, 0) is 14.3 Å². The third-order valence-electron chi connectivity index (χ3n) is 7.71. The summed E-state index contributed by atoms with van der Waals surface area (Å²) in [7, 11) is 1.56. The standard InChI is InChI=1S/C22H30N4O2.C5H10O.C4H7NO/c23-20(17-3-1-2-4-21(17)27)13-18-19(14-25-22(18)24)15-5-7-16(8-6-15)26-9-11-28-12-10-26;1-2-4-6-5-3-1;1-3-4(6)5-2/h1-4,13-16,25,27H,5-12,23-24H2;1-5H2;3H,1H2,2H3,(H,5,6)/b20-13-;;. The summed E-state index contributed by atoms with van der Waals surface area (Å²) in [4.78, 5) is 15.7. The van der Waals surface area contributed by atoms with Crippen molar-refractivity contribution in [3.63, 3.8) is 0 Å². The van der Waals surface area contributed by atoms with Crippen LogP contribution in [0.4, 0.5) is 5.82 Å². The van der Waals surface area contributed by atoms with E-state index in [9.17, 15) is 9.90 Å². The highest BCUT2D eigenvalue weighted by atomic mass is 16.5. The Kier molecular flexibility index (Phi) is 13.1. The van der Waals surface area contributed by atoms with Gasteiger partial charge in [0.05, 0.1) is 13.2 Å². The van der Waals surface area contributed by atoms with Crippen molar-refractivity contribution in [3.05, 3.63) is 59.8 Å². The molecule has 40 heavy (non-hydrogen) atoms. The molecule has 5 rings (SSSR count). The van der Waals surface area contributed by atoms with Gasteiger partial charge in [-0.3, -0.25) is 9.69 Å². The van der Waals surface area contributed by atoms with E-state index in [0.29, 0.717) is 29.0 Å². The van der Waals surface area contributed by atoms with E-state index in [-0.39, 0.29) is 11.7 Å². The molecule has 0 bridgehead atoms. The zero-order chi connectivity index (χ0) is 28.7. The molecule has 1 amide bonds. The molecule has 1 aliphatic carbocycles. The Labute approximate surface area is 238 Å². The largest absolute Gasteiger partial charge is 0.507 e. The summed E-state index contributed by atoms with van der Waals surface area (Å²) in [5.74, 6) is 1.14. The van der Waals surface area contributed by atoms with Crippen molar-refractivity contribution in [3.8, 4) is 5.75 Å². The van der Waals surface area contributed by atoms with Crippen LogP contribution in [0.25, 0.3) is 11.8 Å². The first-order chi connectivity index (χ1) is 19.4. The quantitative estimate of drug-likeness (QED) is 0.349. The van der Waals surface area contributed by atoms with Gasteiger partial charge in [0.25, 0.3) is 0 Å². The van der Waals surface area contributed by atoms with E-state index in [2.05, 4.69) is 21.8 Å². The number of likely N-dealkylation sites (N-methyl/N-ethyl adjacent to an activating group) is 1. The van der Waals surface area contributed by atoms with Gasteiger partial charge in [-0.1, -0.05) is 18.7 Å². The summed E-state index contributed by atoms with van der Waals surface area (Å²) < 4.78 is 10.6. The number of aromatic hydroxyl groups is 1. The van der Waals surface area contributed by atoms with Crippen molar-refractivity contribution in [2.45, 2.75) is 56.9 Å². The van der Waals surface area contributed by atoms with Gasteiger partial charge < -0.3 is 36.3 Å². The number of morpholine rings is 1. The number of hydrogen-bond donors (Lipinski definition) is 5. The number of hydrogen-bond acceptors (Lipinski definition) is 7. The van der Waals surface area contributed by atoms with Gasteiger partial charge in [0.2, 0.25) is 5.91 Å². The molecule has 0 spiro atoms. The van der Waals surface area contributed by atoms with Gasteiger partial charge in [-0.05, 0) is 80.7 Å². The number of H-pyrrole nitrogens is 1. The fraction of sp³-hybridized carbons (Fsp3) is 0.516. The van der Waals surface area contributed by atoms with Gasteiger partial charge in [-0.15, -0.1) is 0 Å². The van der Waals surface area contributed by atoms with Gasteiger partial charge >= 0.3 is 0 Å². The highest BCUT2D eigenvalue weighted by Gasteiger charge is 2.29. The second kappa shape index (κ2) is 16.7. The zero-order valence-electron chi connectivity index (χ0n) is 23.9. The molecule has 0 unspecified atom stereocenters. The number of phenols is 1. The number of aromatic nitrogens is 1. The summed E-state index contributed by atoms with van der Waals surface area (Å²) in [6.07, 6.45) is 13.8. The Bertz CT molecular complexity index is 1070. The first-order valence-electron chi connectivity index (χ1n) is 14.4. The van der Waals surface area contributed by atoms with E-state index in [0.717, 1.165) is 57.9 Å². The number of carbonyl (C=O) groups excluding carboxylic acids is 1. The SMILES string of the molecule is C1CCOCC1.C=CC(=O)NC.N/C(=C\c1c(C2CCC(N3CCOCC3)CC2)c[nH]c1N)c1ccccc1O. The highest BCUT2D eigenvalue weighted by molar-refractivity contribution is 5.86. The fourth-order valence-corrected chi connectivity index (χ4v) is 5.40. The van der Waals surface area contributed by atoms with Gasteiger partial charge in [0.15, 0.2) is 0 Å². The summed E-state index contributed by atoms with van der Waals surface area (Å²) >= 11 is 0. The number of benzene rings is 1. The number of anilines is 1. The van der Waals surface area contributed by atoms with Crippen molar-refractivity contribution >= 4 is 23.5 Å². The fourth-order valence-electron chi connectivity index (χ4n) is 5.40. The van der Waals surface area contributed by atoms with Gasteiger partial charge in [0, 0.05) is 62.4 Å². The number of nitrogen functional groups attached to an aromatic ring is 1. The summed E-state index contributed by atoms with van der Waals surface area (Å²) in [6.45, 7) is 9.04. The number of phenolic OH excluding ortho intramolecular Hbond substituents is 1. The number of rotatable bonds is 5. The van der Waals surface area contributed by atoms with Gasteiger partial charge in [-0.25, -0.2) is 0 Å². The smallest absolute Gasteiger partial charge is 0.243 e. The molecule has 1 aromatic heterocycles. The number of nitrogens with one attached hydrogen (secondary N) is 2. The second-order valence-corrected chi connectivity index (χ2v) is 10.3. The van der Waals surface area contributed by atoms with Crippen molar-refractivity contribution in [2.75, 3.05) is 52.3 Å². The molecular formula is C31H47N5O4. The molecule has 9 nitrogen and oxygen atoms in total. The van der Waals surface area contributed by atoms with E-state index >= 15 is 0 Å². The third-order valence-corrected chi connectivity index (χ3v) is 7.71. The molecule has 0 radical (unpaired) electrons. The van der Waals surface area contributed by atoms with Gasteiger partial charge in [0.1, 0.15) is 11.6 Å². The Morgan fingerprint density at radius 3 is 2.25 bits per heavy atom. The number of ether oxygens (including phenoxy) is 2. The predicted molar refractivity (Wildman–Crippen MR) is 162 cm³/mol. The molecule has 2 aliphatic heterocycles. The molecule has 7 N–H and O–H groups in total. The first-order valence-corrected chi connectivity index (χ1v) is 14.4. The van der Waals surface area contributed by atoms with E-state index in [1.807, 2.05) is 24.4 Å². The minimum atomic E-state index is -0.144. The van der Waals surface area contributed by atoms with Crippen molar-refractivity contribution in [1.29, 1.82) is 0 Å². The van der Waals surface area contributed by atoms with Crippen molar-refractivity contribution in [1.82, 2.24) is 15.2 Å². The van der Waals surface area contributed by atoms with Crippen molar-refractivity contribution < 1.29 is 19.4 Å². The van der Waals surface area contributed by atoms with Crippen LogP contribution in [-0.4, -0.2) is 73.5 Å². The Balaban J connectivity index is 0.000000305. The highest BCUT2D eigenvalue weighted by Crippen LogP contribution is 2.39. The Morgan fingerprint density at radius 2 is 1.73 bits per heavy atom. The average Bonchev–Trinajstić information content (AvgIpc) is 3.38. The lowest BCUT2D eigenvalue weighted by molar-refractivity contribution is -0.116. The monoisotopic (exact) mass is 553 g/mol. The molecule has 0 atom stereocenters. The predicted octanol–water partition coefficient (Wildman–Crippen LogP) is 4.22. The topological polar surface area (TPSA) is 139 Å². The van der Waals surface area contributed by atoms with Crippen LogP contribution >= 0.6 is 0 Å². The van der Waals surface area contributed by atoms with E-state index in [1.54, 1.807) is 19.2 Å². The maximum absolute atomic E-state index is 10.1. The number of aromatic amines is 1. The molecule has 3 aliphatic rings. The van der Waals surface area contributed by atoms with Crippen LogP contribution in [0.2, 0.25) is 0 Å². The lowest BCUT2D eigenvalue weighted by atomic mass is 9.80. The van der Waals surface area contributed by atoms with E-state index < -0.39 is 0 Å². The Morgan fingerprint density at radius 1 is 1.07 bits per heavy atom. The minimum absolute atomic E-state index is 0.144. The van der Waals surface area contributed by atoms with Crippen LogP contribution in [0.1, 0.15) is 67.6 Å². The molecule has 2 aromatic rings. The zero-order valence-corrected chi connectivity index (χ0v) is 23.9. The number of para-hydroxylation sites is 1. The third kappa shape index (κ3) is 9.43. The Hall–Kier alpha value is -3.27. The van der Waals surface area contributed by atoms with Crippen LogP contribution < -0.4 is 16.8 Å². The molecule has 1 saturated carbocycles. The second-order valence-electron chi connectivity index (χ2n) is 10.3. The maximum atomic E-state index is 10.1. The molecular weight excluding hydrogens is 506 g/mol. The van der Waals surface area contributed by atoms with Crippen LogP contribution in [0.3, 0.4) is 0 Å². The molecule has 3 fully saturated rings. The molecule has 220 valence electrons. The number of nitrogens with two attached hydrogens (primary N) is 2. The summed E-state index contributed by atoms with van der Waals surface area (Å²) in [6, 6.07) is 7.78. The summed E-state index contributed by atoms with van der Waals surface area (Å²) in [5, 5.41) is 12.4. The van der Waals surface area contributed by atoms with Crippen LogP contribution in [0.15, 0.2) is 43.1 Å². The molecule has 1 aromatic carbocycles. The van der Waals surface area contributed by atoms with Crippen LogP contribution in [0, 0.1) is 0 Å². The number of carbonyl (C=O) groups is 1. The van der Waals surface area contributed by atoms with Gasteiger partial charge in [-0.2, -0.15) is 0 Å². The average molecular weight is 554 g/mol. The molecule has 3 heterocycles. The molecule has 9 heteroatoms. The van der Waals surface area contributed by atoms with Crippen molar-refractivity contribution in [2.24, 2.45) is 5.73 Å². The normalized spacial score (nSPS) is 21.7. The summed E-state index contributed by atoms with van der Waals surface area (Å²) in [5.41, 5.74) is 15.8. The maximum Gasteiger partial charge on any atom is 0.243 e. The van der Waals surface area contributed by atoms with E-state index in [1.165, 1.54) is 43.7 Å². The van der Waals surface area contributed by atoms with Crippen LogP contribution in [0.5, 0.6) is 5.75 Å². The molecule has 2 saturated heterocycles. The minimum Gasteiger partial charge on any atom is -0.507 e.